The summed E-state index contributed by atoms with van der Waals surface area (Å²) < 4.78 is 5.51. The van der Waals surface area contributed by atoms with E-state index in [1.165, 1.54) is 0 Å². The Labute approximate surface area is 135 Å². The van der Waals surface area contributed by atoms with Crippen molar-refractivity contribution in [2.45, 2.75) is 13.5 Å². The van der Waals surface area contributed by atoms with Gasteiger partial charge >= 0.3 is 0 Å². The number of rotatable bonds is 6. The first kappa shape index (κ1) is 14.9. The molecule has 1 aromatic heterocycles. The first-order valence-corrected chi connectivity index (χ1v) is 7.79. The molecule has 3 aromatic rings. The second kappa shape index (κ2) is 6.86. The molecule has 0 atom stereocenters. The van der Waals surface area contributed by atoms with Gasteiger partial charge in [-0.1, -0.05) is 41.9 Å². The van der Waals surface area contributed by atoms with Gasteiger partial charge in [0.25, 0.3) is 0 Å². The highest BCUT2D eigenvalue weighted by molar-refractivity contribution is 6.38. The molecule has 0 fully saturated rings. The lowest BCUT2D eigenvalue weighted by Gasteiger charge is -2.11. The van der Waals surface area contributed by atoms with E-state index in [1.807, 2.05) is 43.3 Å². The molecule has 0 aliphatic rings. The van der Waals surface area contributed by atoms with Crippen LogP contribution in [0.25, 0.3) is 10.8 Å². The number of furan rings is 1. The summed E-state index contributed by atoms with van der Waals surface area (Å²) in [6, 6.07) is 16.2. The average molecular weight is 315 g/mol. The standard InChI is InChI=1S/C18H19ClN2O/c1-13-6-8-15(22-13)12-20-10-11-21-17-9-7-14-4-2-3-5-16(14)18(17)19/h2-9,20-21H,10-12H2,1H3. The fourth-order valence-corrected chi connectivity index (χ4v) is 2.75. The summed E-state index contributed by atoms with van der Waals surface area (Å²) in [6.07, 6.45) is 0. The van der Waals surface area contributed by atoms with Crippen LogP contribution in [0.3, 0.4) is 0 Å². The summed E-state index contributed by atoms with van der Waals surface area (Å²) in [5.41, 5.74) is 0.969. The Morgan fingerprint density at radius 3 is 2.68 bits per heavy atom. The fourth-order valence-electron chi connectivity index (χ4n) is 2.45. The summed E-state index contributed by atoms with van der Waals surface area (Å²) in [4.78, 5) is 0. The largest absolute Gasteiger partial charge is 0.465 e. The molecular weight excluding hydrogens is 296 g/mol. The Hall–Kier alpha value is -1.97. The molecule has 0 radical (unpaired) electrons. The van der Waals surface area contributed by atoms with E-state index in [1.54, 1.807) is 0 Å². The second-order valence-electron chi connectivity index (χ2n) is 5.26. The minimum absolute atomic E-state index is 0.737. The maximum absolute atomic E-state index is 6.46. The zero-order valence-electron chi connectivity index (χ0n) is 12.5. The van der Waals surface area contributed by atoms with Gasteiger partial charge < -0.3 is 15.1 Å². The zero-order chi connectivity index (χ0) is 15.4. The highest BCUT2D eigenvalue weighted by Crippen LogP contribution is 2.30. The molecule has 0 aliphatic heterocycles. The molecule has 0 spiro atoms. The Kier molecular flexibility index (Phi) is 4.66. The van der Waals surface area contributed by atoms with Gasteiger partial charge in [0.1, 0.15) is 11.5 Å². The third kappa shape index (κ3) is 3.43. The topological polar surface area (TPSA) is 37.2 Å². The van der Waals surface area contributed by atoms with Gasteiger partial charge in [-0.2, -0.15) is 0 Å². The molecule has 2 aromatic carbocycles. The van der Waals surface area contributed by atoms with Crippen molar-refractivity contribution >= 4 is 28.1 Å². The zero-order valence-corrected chi connectivity index (χ0v) is 13.3. The van der Waals surface area contributed by atoms with Gasteiger partial charge in [-0.3, -0.25) is 0 Å². The number of halogens is 1. The number of hydrogen-bond acceptors (Lipinski definition) is 3. The van der Waals surface area contributed by atoms with Crippen LogP contribution in [0, 0.1) is 6.92 Å². The molecule has 0 amide bonds. The SMILES string of the molecule is Cc1ccc(CNCCNc2ccc3ccccc3c2Cl)o1. The van der Waals surface area contributed by atoms with Crippen LogP contribution in [-0.4, -0.2) is 13.1 Å². The number of nitrogens with one attached hydrogen (secondary N) is 2. The van der Waals surface area contributed by atoms with Crippen LogP contribution in [0.15, 0.2) is 52.9 Å². The summed E-state index contributed by atoms with van der Waals surface area (Å²) >= 11 is 6.46. The van der Waals surface area contributed by atoms with Gasteiger partial charge in [0, 0.05) is 18.5 Å². The van der Waals surface area contributed by atoms with Crippen LogP contribution in [0.1, 0.15) is 11.5 Å². The lowest BCUT2D eigenvalue weighted by atomic mass is 10.1. The van der Waals surface area contributed by atoms with E-state index in [0.29, 0.717) is 0 Å². The smallest absolute Gasteiger partial charge is 0.117 e. The molecule has 2 N–H and O–H groups in total. The minimum Gasteiger partial charge on any atom is -0.465 e. The number of fused-ring (bicyclic) bond motifs is 1. The number of hydrogen-bond donors (Lipinski definition) is 2. The molecule has 0 saturated carbocycles. The van der Waals surface area contributed by atoms with Crippen LogP contribution < -0.4 is 10.6 Å². The van der Waals surface area contributed by atoms with E-state index in [-0.39, 0.29) is 0 Å². The fraction of sp³-hybridized carbons (Fsp3) is 0.222. The average Bonchev–Trinajstić information content (AvgIpc) is 2.95. The van der Waals surface area contributed by atoms with Gasteiger partial charge in [0.05, 0.1) is 17.3 Å². The van der Waals surface area contributed by atoms with Crippen molar-refractivity contribution < 1.29 is 4.42 Å². The van der Waals surface area contributed by atoms with Gasteiger partial charge in [0.15, 0.2) is 0 Å². The molecule has 1 heterocycles. The highest BCUT2D eigenvalue weighted by atomic mass is 35.5. The Morgan fingerprint density at radius 2 is 1.86 bits per heavy atom. The quantitative estimate of drug-likeness (QED) is 0.653. The van der Waals surface area contributed by atoms with E-state index in [2.05, 4.69) is 22.8 Å². The minimum atomic E-state index is 0.737. The van der Waals surface area contributed by atoms with Gasteiger partial charge in [-0.05, 0) is 30.5 Å². The Morgan fingerprint density at radius 1 is 1.00 bits per heavy atom. The van der Waals surface area contributed by atoms with Crippen molar-refractivity contribution in [3.8, 4) is 0 Å². The molecule has 0 bridgehead atoms. The maximum Gasteiger partial charge on any atom is 0.117 e. The lowest BCUT2D eigenvalue weighted by molar-refractivity contribution is 0.464. The molecule has 4 heteroatoms. The summed E-state index contributed by atoms with van der Waals surface area (Å²) in [6.45, 7) is 4.33. The van der Waals surface area contributed by atoms with Crippen molar-refractivity contribution in [2.24, 2.45) is 0 Å². The highest BCUT2D eigenvalue weighted by Gasteiger charge is 2.04. The molecule has 0 saturated heterocycles. The first-order chi connectivity index (χ1) is 10.7. The summed E-state index contributed by atoms with van der Waals surface area (Å²) in [7, 11) is 0. The van der Waals surface area contributed by atoms with Crippen molar-refractivity contribution in [3.05, 3.63) is 65.1 Å². The summed E-state index contributed by atoms with van der Waals surface area (Å²) in [5.74, 6) is 1.90. The molecule has 0 unspecified atom stereocenters. The Bertz CT molecular complexity index is 767. The van der Waals surface area contributed by atoms with Crippen molar-refractivity contribution in [2.75, 3.05) is 18.4 Å². The molecule has 0 aliphatic carbocycles. The van der Waals surface area contributed by atoms with E-state index in [4.69, 9.17) is 16.0 Å². The van der Waals surface area contributed by atoms with Crippen LogP contribution >= 0.6 is 11.6 Å². The number of aryl methyl sites for hydroxylation is 1. The normalized spacial score (nSPS) is 11.0. The number of anilines is 1. The maximum atomic E-state index is 6.46. The molecule has 114 valence electrons. The van der Waals surface area contributed by atoms with Crippen LogP contribution in [-0.2, 0) is 6.54 Å². The second-order valence-corrected chi connectivity index (χ2v) is 5.64. The monoisotopic (exact) mass is 314 g/mol. The predicted molar refractivity (Wildman–Crippen MR) is 92.6 cm³/mol. The first-order valence-electron chi connectivity index (χ1n) is 7.41. The predicted octanol–water partition coefficient (Wildman–Crippen LogP) is 4.60. The van der Waals surface area contributed by atoms with Crippen molar-refractivity contribution in [3.63, 3.8) is 0 Å². The molecule has 3 rings (SSSR count). The van der Waals surface area contributed by atoms with Crippen LogP contribution in [0.2, 0.25) is 5.02 Å². The van der Waals surface area contributed by atoms with Crippen molar-refractivity contribution in [1.29, 1.82) is 0 Å². The van der Waals surface area contributed by atoms with E-state index in [9.17, 15) is 0 Å². The van der Waals surface area contributed by atoms with Crippen LogP contribution in [0.5, 0.6) is 0 Å². The number of benzene rings is 2. The Balaban J connectivity index is 1.52. The van der Waals surface area contributed by atoms with Crippen molar-refractivity contribution in [1.82, 2.24) is 5.32 Å². The van der Waals surface area contributed by atoms with E-state index >= 15 is 0 Å². The van der Waals surface area contributed by atoms with E-state index < -0.39 is 0 Å². The molecular formula is C18H19ClN2O. The van der Waals surface area contributed by atoms with Gasteiger partial charge in [0.2, 0.25) is 0 Å². The third-order valence-electron chi connectivity index (χ3n) is 3.58. The molecule has 3 nitrogen and oxygen atoms in total. The van der Waals surface area contributed by atoms with Crippen LogP contribution in [0.4, 0.5) is 5.69 Å². The summed E-state index contributed by atoms with van der Waals surface area (Å²) in [5, 5.41) is 9.73. The van der Waals surface area contributed by atoms with E-state index in [0.717, 1.165) is 52.6 Å². The lowest BCUT2D eigenvalue weighted by Crippen LogP contribution is -2.21. The van der Waals surface area contributed by atoms with Gasteiger partial charge in [-0.15, -0.1) is 0 Å². The third-order valence-corrected chi connectivity index (χ3v) is 3.98. The molecule has 22 heavy (non-hydrogen) atoms. The van der Waals surface area contributed by atoms with Gasteiger partial charge in [-0.25, -0.2) is 0 Å².